The Morgan fingerprint density at radius 1 is 0.667 bits per heavy atom. The number of ether oxygens (including phenoxy) is 4. The Morgan fingerprint density at radius 3 is 1.60 bits per heavy atom. The molecule has 0 saturated carbocycles. The maximum absolute atomic E-state index is 13.2. The molecule has 2 atom stereocenters. The minimum absolute atomic E-state index is 0.0101. The summed E-state index contributed by atoms with van der Waals surface area (Å²) in [6, 6.07) is 33.5. The molecule has 4 rings (SSSR count). The lowest BCUT2D eigenvalue weighted by molar-refractivity contribution is -0.146. The highest BCUT2D eigenvalue weighted by Gasteiger charge is 2.26. The predicted molar refractivity (Wildman–Crippen MR) is 174 cm³/mol. The topological polar surface area (TPSA) is 109 Å². The molecule has 0 heterocycles. The fraction of sp³-hybridized carbons (Fsp3) is 0.297. The molecule has 4 aromatic rings. The third kappa shape index (κ3) is 12.0. The monoisotopic (exact) mass is 610 g/mol. The highest BCUT2D eigenvalue weighted by Crippen LogP contribution is 2.18. The van der Waals surface area contributed by atoms with Crippen LogP contribution in [-0.2, 0) is 40.3 Å². The summed E-state index contributed by atoms with van der Waals surface area (Å²) in [6.07, 6.45) is 0.00327. The summed E-state index contributed by atoms with van der Waals surface area (Å²) in [5, 5.41) is 2.66. The van der Waals surface area contributed by atoms with Crippen LogP contribution in [0.2, 0.25) is 0 Å². The third-order valence-corrected chi connectivity index (χ3v) is 6.70. The smallest absolute Gasteiger partial charge is 0.408 e. The van der Waals surface area contributed by atoms with Crippen LogP contribution in [0.1, 0.15) is 43.0 Å². The van der Waals surface area contributed by atoms with E-state index in [1.807, 2.05) is 109 Å². The van der Waals surface area contributed by atoms with Crippen molar-refractivity contribution >= 4 is 12.1 Å². The molecule has 0 saturated heterocycles. The number of carbonyl (C=O) groups is 2. The fourth-order valence-electron chi connectivity index (χ4n) is 4.46. The van der Waals surface area contributed by atoms with Crippen molar-refractivity contribution in [1.29, 1.82) is 0 Å². The number of benzene rings is 4. The number of rotatable bonds is 14. The highest BCUT2D eigenvalue weighted by molar-refractivity contribution is 5.81. The molecule has 0 aliphatic heterocycles. The Hall–Kier alpha value is -4.82. The minimum Gasteiger partial charge on any atom is -0.489 e. The van der Waals surface area contributed by atoms with Crippen LogP contribution in [0.5, 0.6) is 11.5 Å². The molecule has 0 radical (unpaired) electrons. The van der Waals surface area contributed by atoms with Gasteiger partial charge in [-0.2, -0.15) is 0 Å². The van der Waals surface area contributed by atoms with Gasteiger partial charge in [-0.3, -0.25) is 0 Å². The standard InChI is InChI=1S/C37H42N2O6/c1-37(2,3)45-36(41)39-34(23-28-16-20-33(21-17-28)43-25-30-12-8-5-9-13-30)35(40)44-26-31(38)22-27-14-18-32(19-15-27)42-24-29-10-6-4-7-11-29/h4-21,31,34H,22-26,38H2,1-3H3,(H,39,41)/t31-,34-/m0/s1. The number of carbonyl (C=O) groups excluding carboxylic acids is 2. The highest BCUT2D eigenvalue weighted by atomic mass is 16.6. The molecule has 0 aromatic heterocycles. The Labute approximate surface area is 265 Å². The second-order valence-corrected chi connectivity index (χ2v) is 11.8. The molecule has 0 aliphatic carbocycles. The van der Waals surface area contributed by atoms with Gasteiger partial charge in [-0.05, 0) is 73.7 Å². The Balaban J connectivity index is 1.29. The van der Waals surface area contributed by atoms with E-state index in [2.05, 4.69) is 5.32 Å². The molecule has 3 N–H and O–H groups in total. The second-order valence-electron chi connectivity index (χ2n) is 11.8. The molecular formula is C37H42N2O6. The van der Waals surface area contributed by atoms with E-state index in [4.69, 9.17) is 24.7 Å². The first-order chi connectivity index (χ1) is 21.6. The van der Waals surface area contributed by atoms with Gasteiger partial charge < -0.3 is 30.0 Å². The fourth-order valence-corrected chi connectivity index (χ4v) is 4.46. The first-order valence-electron chi connectivity index (χ1n) is 15.1. The number of esters is 1. The van der Waals surface area contributed by atoms with Crippen LogP contribution >= 0.6 is 0 Å². The van der Waals surface area contributed by atoms with E-state index in [9.17, 15) is 9.59 Å². The van der Waals surface area contributed by atoms with Crippen LogP contribution in [0.25, 0.3) is 0 Å². The number of nitrogens with one attached hydrogen (secondary N) is 1. The normalized spacial score (nSPS) is 12.4. The molecule has 0 bridgehead atoms. The van der Waals surface area contributed by atoms with Crippen LogP contribution in [0.15, 0.2) is 109 Å². The van der Waals surface area contributed by atoms with Gasteiger partial charge in [0.15, 0.2) is 0 Å². The Kier molecular flexibility index (Phi) is 12.0. The van der Waals surface area contributed by atoms with Crippen LogP contribution in [-0.4, -0.2) is 36.4 Å². The summed E-state index contributed by atoms with van der Waals surface area (Å²) in [4.78, 5) is 25.8. The largest absolute Gasteiger partial charge is 0.489 e. The van der Waals surface area contributed by atoms with Crippen LogP contribution < -0.4 is 20.5 Å². The maximum Gasteiger partial charge on any atom is 0.408 e. The quantitative estimate of drug-likeness (QED) is 0.159. The molecular weight excluding hydrogens is 568 g/mol. The van der Waals surface area contributed by atoms with Gasteiger partial charge in [-0.25, -0.2) is 9.59 Å². The van der Waals surface area contributed by atoms with Crippen molar-refractivity contribution in [3.8, 4) is 11.5 Å². The Bertz CT molecular complexity index is 1470. The third-order valence-electron chi connectivity index (χ3n) is 6.70. The van der Waals surface area contributed by atoms with E-state index in [0.717, 1.165) is 28.0 Å². The number of hydrogen-bond donors (Lipinski definition) is 2. The van der Waals surface area contributed by atoms with E-state index in [1.54, 1.807) is 20.8 Å². The molecule has 8 nitrogen and oxygen atoms in total. The molecule has 0 fully saturated rings. The van der Waals surface area contributed by atoms with Crippen molar-refractivity contribution in [1.82, 2.24) is 5.32 Å². The van der Waals surface area contributed by atoms with Gasteiger partial charge in [0, 0.05) is 12.5 Å². The molecule has 45 heavy (non-hydrogen) atoms. The van der Waals surface area contributed by atoms with Gasteiger partial charge >= 0.3 is 12.1 Å². The van der Waals surface area contributed by atoms with Crippen LogP contribution in [0, 0.1) is 0 Å². The molecule has 4 aromatic carbocycles. The minimum atomic E-state index is -0.968. The number of nitrogens with two attached hydrogens (primary N) is 1. The summed E-state index contributed by atoms with van der Waals surface area (Å²) in [7, 11) is 0. The lowest BCUT2D eigenvalue weighted by atomic mass is 10.1. The zero-order chi connectivity index (χ0) is 32.1. The molecule has 1 amide bonds. The summed E-state index contributed by atoms with van der Waals surface area (Å²) < 4.78 is 22.7. The lowest BCUT2D eigenvalue weighted by Gasteiger charge is -2.23. The van der Waals surface area contributed by atoms with Crippen LogP contribution in [0.3, 0.4) is 0 Å². The molecule has 0 unspecified atom stereocenters. The van der Waals surface area contributed by atoms with Gasteiger partial charge in [0.2, 0.25) is 0 Å². The van der Waals surface area contributed by atoms with Crippen LogP contribution in [0.4, 0.5) is 4.79 Å². The van der Waals surface area contributed by atoms with Gasteiger partial charge in [-0.15, -0.1) is 0 Å². The summed E-state index contributed by atoms with van der Waals surface area (Å²) >= 11 is 0. The first-order valence-corrected chi connectivity index (χ1v) is 15.1. The van der Waals surface area contributed by atoms with Gasteiger partial charge in [0.1, 0.15) is 43.0 Å². The summed E-state index contributed by atoms with van der Waals surface area (Å²) in [5.74, 6) is 0.864. The van der Waals surface area contributed by atoms with Crippen molar-refractivity contribution in [2.75, 3.05) is 6.61 Å². The Morgan fingerprint density at radius 2 is 1.13 bits per heavy atom. The zero-order valence-corrected chi connectivity index (χ0v) is 26.1. The maximum atomic E-state index is 13.2. The molecule has 0 aliphatic rings. The number of alkyl carbamates (subject to hydrolysis) is 1. The van der Waals surface area contributed by atoms with Gasteiger partial charge in [0.25, 0.3) is 0 Å². The van der Waals surface area contributed by atoms with Crippen molar-refractivity contribution in [3.05, 3.63) is 131 Å². The zero-order valence-electron chi connectivity index (χ0n) is 26.1. The molecule has 0 spiro atoms. The van der Waals surface area contributed by atoms with Crippen molar-refractivity contribution in [3.63, 3.8) is 0 Å². The second kappa shape index (κ2) is 16.3. The molecule has 8 heteroatoms. The lowest BCUT2D eigenvalue weighted by Crippen LogP contribution is -2.46. The average Bonchev–Trinajstić information content (AvgIpc) is 3.03. The van der Waals surface area contributed by atoms with E-state index < -0.39 is 29.7 Å². The van der Waals surface area contributed by atoms with Crippen molar-refractivity contribution in [2.45, 2.75) is 64.5 Å². The SMILES string of the molecule is CC(C)(C)OC(=O)N[C@@H](Cc1ccc(OCc2ccccc2)cc1)C(=O)OC[C@@H](N)Cc1ccc(OCc2ccccc2)cc1. The van der Waals surface area contributed by atoms with E-state index in [-0.39, 0.29) is 13.0 Å². The van der Waals surface area contributed by atoms with Gasteiger partial charge in [-0.1, -0.05) is 84.9 Å². The van der Waals surface area contributed by atoms with E-state index >= 15 is 0 Å². The average molecular weight is 611 g/mol. The van der Waals surface area contributed by atoms with E-state index in [1.165, 1.54) is 0 Å². The van der Waals surface area contributed by atoms with Crippen molar-refractivity contribution < 1.29 is 28.5 Å². The van der Waals surface area contributed by atoms with Crippen molar-refractivity contribution in [2.24, 2.45) is 5.73 Å². The first kappa shape index (κ1) is 33.1. The summed E-state index contributed by atoms with van der Waals surface area (Å²) in [6.45, 7) is 6.20. The number of hydrogen-bond acceptors (Lipinski definition) is 7. The molecule has 236 valence electrons. The predicted octanol–water partition coefficient (Wildman–Crippen LogP) is 6.39. The van der Waals surface area contributed by atoms with Gasteiger partial charge in [0.05, 0.1) is 0 Å². The summed E-state index contributed by atoms with van der Waals surface area (Å²) in [5.41, 5.74) is 9.56. The number of amides is 1. The van der Waals surface area contributed by atoms with E-state index in [0.29, 0.717) is 25.4 Å².